The van der Waals surface area contributed by atoms with E-state index in [1.165, 1.54) is 12.8 Å². The van der Waals surface area contributed by atoms with Crippen molar-refractivity contribution < 1.29 is 19.0 Å². The predicted octanol–water partition coefficient (Wildman–Crippen LogP) is 1.75. The third-order valence-corrected chi connectivity index (χ3v) is 2.41. The summed E-state index contributed by atoms with van der Waals surface area (Å²) in [6, 6.07) is 0. The lowest BCUT2D eigenvalue weighted by molar-refractivity contribution is -0.125. The highest BCUT2D eigenvalue weighted by atomic mass is 16.5. The average molecular weight is 275 g/mol. The van der Waals surface area contributed by atoms with Crippen LogP contribution in [0.5, 0.6) is 0 Å². The van der Waals surface area contributed by atoms with Crippen molar-refractivity contribution in [3.8, 4) is 0 Å². The molecule has 0 fully saturated rings. The Hall–Kier alpha value is -0.650. The third kappa shape index (κ3) is 15.3. The number of hydrogen-bond acceptors (Lipinski definition) is 4. The van der Waals surface area contributed by atoms with Gasteiger partial charge in [-0.3, -0.25) is 4.79 Å². The van der Waals surface area contributed by atoms with E-state index < -0.39 is 0 Å². The molecule has 0 spiro atoms. The van der Waals surface area contributed by atoms with E-state index in [9.17, 15) is 4.79 Å². The Bertz CT molecular complexity index is 200. The van der Waals surface area contributed by atoms with Crippen LogP contribution in [0.3, 0.4) is 0 Å². The first kappa shape index (κ1) is 18.4. The summed E-state index contributed by atoms with van der Waals surface area (Å²) in [5, 5.41) is 2.73. The van der Waals surface area contributed by atoms with Crippen LogP contribution in [0.2, 0.25) is 0 Å². The summed E-state index contributed by atoms with van der Waals surface area (Å²) in [6.07, 6.45) is 4.47. The van der Waals surface area contributed by atoms with E-state index in [4.69, 9.17) is 14.2 Å². The lowest BCUT2D eigenvalue weighted by Crippen LogP contribution is -2.31. The SMILES string of the molecule is CCCCCOCCOCCNC(=O)COCCC. The minimum atomic E-state index is -0.0899. The first-order valence-electron chi connectivity index (χ1n) is 7.31. The van der Waals surface area contributed by atoms with E-state index in [0.29, 0.717) is 33.0 Å². The van der Waals surface area contributed by atoms with Gasteiger partial charge in [-0.05, 0) is 12.8 Å². The first-order chi connectivity index (χ1) is 9.31. The van der Waals surface area contributed by atoms with Crippen molar-refractivity contribution in [3.05, 3.63) is 0 Å². The second-order valence-corrected chi connectivity index (χ2v) is 4.33. The highest BCUT2D eigenvalue weighted by Gasteiger charge is 1.99. The number of rotatable bonds is 14. The van der Waals surface area contributed by atoms with Gasteiger partial charge in [0.2, 0.25) is 5.91 Å². The molecule has 0 aliphatic heterocycles. The molecule has 0 unspecified atom stereocenters. The first-order valence-corrected chi connectivity index (χ1v) is 7.31. The van der Waals surface area contributed by atoms with Crippen LogP contribution < -0.4 is 5.32 Å². The summed E-state index contributed by atoms with van der Waals surface area (Å²) in [5.74, 6) is -0.0899. The second kappa shape index (κ2) is 15.4. The molecule has 0 saturated carbocycles. The van der Waals surface area contributed by atoms with E-state index in [-0.39, 0.29) is 12.5 Å². The Morgan fingerprint density at radius 2 is 1.58 bits per heavy atom. The number of ether oxygens (including phenoxy) is 3. The van der Waals surface area contributed by atoms with Crippen molar-refractivity contribution in [3.63, 3.8) is 0 Å². The van der Waals surface area contributed by atoms with Gasteiger partial charge in [-0.15, -0.1) is 0 Å². The van der Waals surface area contributed by atoms with Crippen LogP contribution in [0.1, 0.15) is 39.5 Å². The standard InChI is InChI=1S/C14H29NO4/c1-3-5-6-9-17-11-12-18-10-7-15-14(16)13-19-8-4-2/h3-13H2,1-2H3,(H,15,16). The van der Waals surface area contributed by atoms with Gasteiger partial charge in [-0.2, -0.15) is 0 Å². The van der Waals surface area contributed by atoms with Crippen LogP contribution in [-0.4, -0.2) is 52.1 Å². The molecule has 0 heterocycles. The van der Waals surface area contributed by atoms with Crippen molar-refractivity contribution in [1.29, 1.82) is 0 Å². The Labute approximate surface area is 117 Å². The average Bonchev–Trinajstić information content (AvgIpc) is 2.41. The maximum Gasteiger partial charge on any atom is 0.246 e. The maximum atomic E-state index is 11.2. The van der Waals surface area contributed by atoms with E-state index in [2.05, 4.69) is 12.2 Å². The van der Waals surface area contributed by atoms with Gasteiger partial charge in [0.15, 0.2) is 0 Å². The largest absolute Gasteiger partial charge is 0.379 e. The zero-order valence-corrected chi connectivity index (χ0v) is 12.4. The van der Waals surface area contributed by atoms with Crippen molar-refractivity contribution in [1.82, 2.24) is 5.32 Å². The molecular formula is C14H29NO4. The molecule has 0 bridgehead atoms. The summed E-state index contributed by atoms with van der Waals surface area (Å²) in [6.45, 7) is 7.98. The summed E-state index contributed by atoms with van der Waals surface area (Å²) >= 11 is 0. The lowest BCUT2D eigenvalue weighted by Gasteiger charge is -2.07. The summed E-state index contributed by atoms with van der Waals surface area (Å²) in [4.78, 5) is 11.2. The third-order valence-electron chi connectivity index (χ3n) is 2.41. The highest BCUT2D eigenvalue weighted by Crippen LogP contribution is 1.93. The molecule has 0 aliphatic rings. The molecule has 0 saturated heterocycles. The molecule has 19 heavy (non-hydrogen) atoms. The topological polar surface area (TPSA) is 56.8 Å². The number of unbranched alkanes of at least 4 members (excludes halogenated alkanes) is 2. The second-order valence-electron chi connectivity index (χ2n) is 4.33. The Balaban J connectivity index is 3.07. The van der Waals surface area contributed by atoms with Gasteiger partial charge < -0.3 is 19.5 Å². The van der Waals surface area contributed by atoms with Gasteiger partial charge in [0.05, 0.1) is 19.8 Å². The quantitative estimate of drug-likeness (QED) is 0.491. The van der Waals surface area contributed by atoms with Crippen LogP contribution in [0.15, 0.2) is 0 Å². The minimum Gasteiger partial charge on any atom is -0.379 e. The monoisotopic (exact) mass is 275 g/mol. The van der Waals surface area contributed by atoms with Crippen LogP contribution in [-0.2, 0) is 19.0 Å². The Morgan fingerprint density at radius 1 is 0.842 bits per heavy atom. The smallest absolute Gasteiger partial charge is 0.246 e. The van der Waals surface area contributed by atoms with Gasteiger partial charge in [-0.25, -0.2) is 0 Å². The molecule has 0 aromatic heterocycles. The van der Waals surface area contributed by atoms with E-state index in [1.807, 2.05) is 6.92 Å². The number of hydrogen-bond donors (Lipinski definition) is 1. The number of nitrogens with one attached hydrogen (secondary N) is 1. The Kier molecular flexibility index (Phi) is 14.9. The van der Waals surface area contributed by atoms with Crippen LogP contribution in [0.25, 0.3) is 0 Å². The van der Waals surface area contributed by atoms with Crippen LogP contribution in [0.4, 0.5) is 0 Å². The predicted molar refractivity (Wildman–Crippen MR) is 75.3 cm³/mol. The minimum absolute atomic E-state index is 0.0899. The molecule has 0 aliphatic carbocycles. The van der Waals surface area contributed by atoms with Gasteiger partial charge >= 0.3 is 0 Å². The van der Waals surface area contributed by atoms with Gasteiger partial charge in [0, 0.05) is 19.8 Å². The molecular weight excluding hydrogens is 246 g/mol. The van der Waals surface area contributed by atoms with Crippen molar-refractivity contribution >= 4 is 5.91 Å². The Morgan fingerprint density at radius 3 is 2.26 bits per heavy atom. The van der Waals surface area contributed by atoms with E-state index in [0.717, 1.165) is 19.4 Å². The fourth-order valence-corrected chi connectivity index (χ4v) is 1.40. The molecule has 114 valence electrons. The zero-order chi connectivity index (χ0) is 14.2. The van der Waals surface area contributed by atoms with Crippen LogP contribution >= 0.6 is 0 Å². The molecule has 5 heteroatoms. The van der Waals surface area contributed by atoms with Gasteiger partial charge in [-0.1, -0.05) is 26.7 Å². The normalized spacial score (nSPS) is 10.6. The molecule has 5 nitrogen and oxygen atoms in total. The molecule has 0 rings (SSSR count). The zero-order valence-electron chi connectivity index (χ0n) is 12.4. The number of carbonyl (C=O) groups excluding carboxylic acids is 1. The maximum absolute atomic E-state index is 11.2. The molecule has 0 aromatic carbocycles. The molecule has 0 aromatic rings. The summed E-state index contributed by atoms with van der Waals surface area (Å²) < 4.78 is 15.8. The highest BCUT2D eigenvalue weighted by molar-refractivity contribution is 5.77. The molecule has 0 radical (unpaired) electrons. The molecule has 0 atom stereocenters. The number of carbonyl (C=O) groups is 1. The summed E-state index contributed by atoms with van der Waals surface area (Å²) in [7, 11) is 0. The lowest BCUT2D eigenvalue weighted by atomic mass is 10.3. The van der Waals surface area contributed by atoms with Crippen molar-refractivity contribution in [2.24, 2.45) is 0 Å². The summed E-state index contributed by atoms with van der Waals surface area (Å²) in [5.41, 5.74) is 0. The van der Waals surface area contributed by atoms with Crippen molar-refractivity contribution in [2.45, 2.75) is 39.5 Å². The van der Waals surface area contributed by atoms with Crippen molar-refractivity contribution in [2.75, 3.05) is 46.2 Å². The van der Waals surface area contributed by atoms with E-state index in [1.54, 1.807) is 0 Å². The molecule has 1 N–H and O–H groups in total. The van der Waals surface area contributed by atoms with Gasteiger partial charge in [0.25, 0.3) is 0 Å². The number of amides is 1. The molecule has 1 amide bonds. The van der Waals surface area contributed by atoms with E-state index >= 15 is 0 Å². The van der Waals surface area contributed by atoms with Crippen LogP contribution in [0, 0.1) is 0 Å². The van der Waals surface area contributed by atoms with Gasteiger partial charge in [0.1, 0.15) is 6.61 Å². The fourth-order valence-electron chi connectivity index (χ4n) is 1.40. The fraction of sp³-hybridized carbons (Fsp3) is 0.929.